The smallest absolute Gasteiger partial charge is 0.128 e. The van der Waals surface area contributed by atoms with Crippen molar-refractivity contribution >= 4 is 0 Å². The molecule has 0 saturated carbocycles. The Bertz CT molecular complexity index is 1540. The Kier molecular flexibility index (Phi) is 5.72. The number of ether oxygens (including phenoxy) is 3. The van der Waals surface area contributed by atoms with Crippen LogP contribution in [0.15, 0.2) is 36.7 Å². The Hall–Kier alpha value is -3.66. The molecule has 9 nitrogen and oxygen atoms in total. The van der Waals surface area contributed by atoms with Gasteiger partial charge in [-0.2, -0.15) is 0 Å². The molecule has 206 valence electrons. The summed E-state index contributed by atoms with van der Waals surface area (Å²) in [5.41, 5.74) is 8.69. The first-order valence-electron chi connectivity index (χ1n) is 14.3. The first-order chi connectivity index (χ1) is 19.6. The van der Waals surface area contributed by atoms with Gasteiger partial charge in [0.15, 0.2) is 0 Å². The van der Waals surface area contributed by atoms with Crippen LogP contribution in [0.3, 0.4) is 0 Å². The number of H-pyrrole nitrogens is 2. The van der Waals surface area contributed by atoms with Gasteiger partial charge in [-0.15, -0.1) is 0 Å². The van der Waals surface area contributed by atoms with Gasteiger partial charge < -0.3 is 34.8 Å². The van der Waals surface area contributed by atoms with E-state index in [-0.39, 0.29) is 12.1 Å². The van der Waals surface area contributed by atoms with E-state index in [9.17, 15) is 0 Å². The molecule has 0 amide bonds. The number of nitrogens with one attached hydrogen (secondary N) is 4. The predicted octanol–water partition coefficient (Wildman–Crippen LogP) is 5.03. The minimum Gasteiger partial charge on any atom is -0.488 e. The Labute approximate surface area is 233 Å². The normalized spacial score (nSPS) is 24.6. The van der Waals surface area contributed by atoms with Crippen molar-refractivity contribution in [1.82, 2.24) is 30.6 Å². The average molecular weight is 539 g/mol. The highest BCUT2D eigenvalue weighted by molar-refractivity contribution is 5.88. The summed E-state index contributed by atoms with van der Waals surface area (Å²) in [6.07, 6.45) is 7.16. The highest BCUT2D eigenvalue weighted by Gasteiger charge is 2.31. The van der Waals surface area contributed by atoms with Crippen LogP contribution in [0.1, 0.15) is 61.0 Å². The number of nitrogens with zero attached hydrogens (tertiary/aromatic N) is 2. The lowest BCUT2D eigenvalue weighted by molar-refractivity contribution is 0.159. The molecule has 2 aromatic carbocycles. The Morgan fingerprint density at radius 2 is 1.48 bits per heavy atom. The van der Waals surface area contributed by atoms with Crippen LogP contribution in [0.2, 0.25) is 0 Å². The number of methoxy groups -OCH3 is 1. The molecule has 0 spiro atoms. The number of aromatic nitrogens is 4. The highest BCUT2D eigenvalue weighted by atomic mass is 16.5. The first-order valence-corrected chi connectivity index (χ1v) is 14.3. The topological polar surface area (TPSA) is 109 Å². The molecule has 2 saturated heterocycles. The summed E-state index contributed by atoms with van der Waals surface area (Å²) < 4.78 is 18.1. The average Bonchev–Trinajstić information content (AvgIpc) is 3.78. The van der Waals surface area contributed by atoms with Gasteiger partial charge in [0.05, 0.1) is 42.5 Å². The largest absolute Gasteiger partial charge is 0.488 e. The van der Waals surface area contributed by atoms with Gasteiger partial charge >= 0.3 is 0 Å². The minimum atomic E-state index is 0.219. The molecule has 9 heteroatoms. The molecule has 8 rings (SSSR count). The van der Waals surface area contributed by atoms with E-state index in [0.717, 1.165) is 93.9 Å². The molecule has 0 unspecified atom stereocenters. The SMILES string of the molecule is COC[C@@H]1CN[C@H](c2ncc(-c3cc4c5c(c3)OCc3cc(-c6cnc([C@@H]7CC[C@H](C)N7)[nH]6)cc(c3-5)OC4)[nH]2)C1. The number of rotatable bonds is 6. The van der Waals surface area contributed by atoms with Crippen molar-refractivity contribution in [3.8, 4) is 45.1 Å². The summed E-state index contributed by atoms with van der Waals surface area (Å²) in [6, 6.07) is 9.72. The van der Waals surface area contributed by atoms with Crippen LogP contribution in [0.25, 0.3) is 33.6 Å². The predicted molar refractivity (Wildman–Crippen MR) is 151 cm³/mol. The first kappa shape index (κ1) is 24.2. The summed E-state index contributed by atoms with van der Waals surface area (Å²) >= 11 is 0. The molecule has 4 N–H and O–H groups in total. The molecule has 2 fully saturated rings. The second-order valence-corrected chi connectivity index (χ2v) is 11.7. The molecule has 4 aromatic rings. The fraction of sp³-hybridized carbons (Fsp3) is 0.419. The van der Waals surface area contributed by atoms with E-state index in [0.29, 0.717) is 25.2 Å². The van der Waals surface area contributed by atoms with Crippen molar-refractivity contribution in [2.75, 3.05) is 20.3 Å². The summed E-state index contributed by atoms with van der Waals surface area (Å²) in [5.74, 6) is 4.29. The van der Waals surface area contributed by atoms with Crippen molar-refractivity contribution < 1.29 is 14.2 Å². The Morgan fingerprint density at radius 1 is 0.850 bits per heavy atom. The molecule has 0 aliphatic carbocycles. The summed E-state index contributed by atoms with van der Waals surface area (Å²) in [6.45, 7) is 4.94. The van der Waals surface area contributed by atoms with Crippen molar-refractivity contribution in [2.24, 2.45) is 5.92 Å². The van der Waals surface area contributed by atoms with E-state index in [1.807, 2.05) is 12.4 Å². The zero-order chi connectivity index (χ0) is 26.8. The number of imidazole rings is 2. The van der Waals surface area contributed by atoms with Gasteiger partial charge in [-0.25, -0.2) is 9.97 Å². The van der Waals surface area contributed by atoms with E-state index in [1.54, 1.807) is 7.11 Å². The molecule has 6 heterocycles. The van der Waals surface area contributed by atoms with Gasteiger partial charge in [0, 0.05) is 53.1 Å². The van der Waals surface area contributed by atoms with E-state index in [4.69, 9.17) is 24.2 Å². The van der Waals surface area contributed by atoms with E-state index >= 15 is 0 Å². The number of benzene rings is 2. The molecule has 0 bridgehead atoms. The number of aromatic amines is 2. The quantitative estimate of drug-likeness (QED) is 0.273. The standard InChI is InChI=1S/C31H34N6O3/c1-16-3-4-22(35-16)30-33-11-24(36-30)18-6-20-14-40-27-9-19(7-21-15-39-26(8-18)28(20)29(21)27)25-12-34-31(37-25)23-5-17(10-32-23)13-38-2/h6-9,11-12,16-17,22-23,32,35H,3-5,10,13-15H2,1-2H3,(H,33,36)(H,34,37)/t16-,17-,22-,23-/m0/s1. The highest BCUT2D eigenvalue weighted by Crippen LogP contribution is 2.50. The van der Waals surface area contributed by atoms with Crippen molar-refractivity contribution in [1.29, 1.82) is 0 Å². The maximum atomic E-state index is 6.37. The van der Waals surface area contributed by atoms with Gasteiger partial charge in [0.25, 0.3) is 0 Å². The third-order valence-corrected chi connectivity index (χ3v) is 8.86. The molecule has 4 aliphatic rings. The van der Waals surface area contributed by atoms with Crippen LogP contribution >= 0.6 is 0 Å². The van der Waals surface area contributed by atoms with E-state index in [1.165, 1.54) is 6.42 Å². The molecule has 4 aliphatic heterocycles. The summed E-state index contributed by atoms with van der Waals surface area (Å²) in [4.78, 5) is 16.5. The van der Waals surface area contributed by atoms with Gasteiger partial charge in [-0.3, -0.25) is 0 Å². The lowest BCUT2D eigenvalue weighted by Gasteiger charge is -2.30. The maximum Gasteiger partial charge on any atom is 0.128 e. The van der Waals surface area contributed by atoms with Crippen LogP contribution in [0.4, 0.5) is 0 Å². The zero-order valence-corrected chi connectivity index (χ0v) is 22.8. The molecular formula is C31H34N6O3. The summed E-state index contributed by atoms with van der Waals surface area (Å²) in [7, 11) is 1.76. The van der Waals surface area contributed by atoms with E-state index < -0.39 is 0 Å². The van der Waals surface area contributed by atoms with Crippen molar-refractivity contribution in [3.05, 3.63) is 59.4 Å². The summed E-state index contributed by atoms with van der Waals surface area (Å²) in [5, 5.41) is 7.18. The second kappa shape index (κ2) is 9.47. The Balaban J connectivity index is 1.09. The fourth-order valence-electron chi connectivity index (χ4n) is 6.83. The van der Waals surface area contributed by atoms with Crippen LogP contribution in [-0.4, -0.2) is 46.2 Å². The molecule has 2 aromatic heterocycles. The van der Waals surface area contributed by atoms with Crippen LogP contribution in [0, 0.1) is 5.92 Å². The van der Waals surface area contributed by atoms with Crippen LogP contribution in [0.5, 0.6) is 11.5 Å². The maximum absolute atomic E-state index is 6.37. The number of hydrogen-bond acceptors (Lipinski definition) is 7. The lowest BCUT2D eigenvalue weighted by Crippen LogP contribution is -2.21. The van der Waals surface area contributed by atoms with Crippen molar-refractivity contribution in [2.45, 2.75) is 57.5 Å². The monoisotopic (exact) mass is 538 g/mol. The van der Waals surface area contributed by atoms with Gasteiger partial charge in [-0.1, -0.05) is 0 Å². The molecule has 4 atom stereocenters. The lowest BCUT2D eigenvalue weighted by atomic mass is 9.87. The third kappa shape index (κ3) is 4.03. The van der Waals surface area contributed by atoms with Crippen LogP contribution < -0.4 is 20.1 Å². The molecular weight excluding hydrogens is 504 g/mol. The zero-order valence-electron chi connectivity index (χ0n) is 22.8. The van der Waals surface area contributed by atoms with E-state index in [2.05, 4.69) is 51.8 Å². The molecule has 0 radical (unpaired) electrons. The van der Waals surface area contributed by atoms with Crippen molar-refractivity contribution in [3.63, 3.8) is 0 Å². The third-order valence-electron chi connectivity index (χ3n) is 8.86. The number of hydrogen-bond donors (Lipinski definition) is 4. The minimum absolute atomic E-state index is 0.219. The fourth-order valence-corrected chi connectivity index (χ4v) is 6.83. The van der Waals surface area contributed by atoms with Gasteiger partial charge in [-0.05, 0) is 56.4 Å². The molecule has 40 heavy (non-hydrogen) atoms. The second-order valence-electron chi connectivity index (χ2n) is 11.7. The van der Waals surface area contributed by atoms with Gasteiger partial charge in [0.2, 0.25) is 0 Å². The Morgan fingerprint density at radius 3 is 2.05 bits per heavy atom. The van der Waals surface area contributed by atoms with Gasteiger partial charge in [0.1, 0.15) is 36.4 Å². The van der Waals surface area contributed by atoms with Crippen LogP contribution in [-0.2, 0) is 18.0 Å².